The van der Waals surface area contributed by atoms with Crippen LogP contribution in [0.1, 0.15) is 0 Å². The van der Waals surface area contributed by atoms with E-state index in [0.717, 1.165) is 19.6 Å². The Morgan fingerprint density at radius 3 is 2.36 bits per heavy atom. The summed E-state index contributed by atoms with van der Waals surface area (Å²) in [6.07, 6.45) is 5.78. The van der Waals surface area contributed by atoms with Crippen LogP contribution in [0.4, 0.5) is 0 Å². The Labute approximate surface area is 87.2 Å². The Morgan fingerprint density at radius 1 is 1.21 bits per heavy atom. The van der Waals surface area contributed by atoms with Crippen molar-refractivity contribution < 1.29 is 0 Å². The molecule has 0 saturated carbocycles. The van der Waals surface area contributed by atoms with Crippen LogP contribution in [-0.4, -0.2) is 49.6 Å². The van der Waals surface area contributed by atoms with E-state index < -0.39 is 0 Å². The van der Waals surface area contributed by atoms with E-state index in [0.29, 0.717) is 0 Å². The van der Waals surface area contributed by atoms with Crippen LogP contribution in [0.15, 0.2) is 37.0 Å². The summed E-state index contributed by atoms with van der Waals surface area (Å²) in [6.45, 7) is 13.1. The van der Waals surface area contributed by atoms with Crippen LogP contribution in [0.2, 0.25) is 0 Å². The molecule has 1 saturated heterocycles. The molecule has 1 aliphatic rings. The van der Waals surface area contributed by atoms with Gasteiger partial charge < -0.3 is 4.90 Å². The van der Waals surface area contributed by atoms with E-state index >= 15 is 0 Å². The molecule has 0 unspecified atom stereocenters. The molecule has 0 N–H and O–H groups in total. The normalized spacial score (nSPS) is 20.8. The van der Waals surface area contributed by atoms with Crippen LogP contribution in [0.5, 0.6) is 0 Å². The van der Waals surface area contributed by atoms with E-state index in [1.807, 2.05) is 18.2 Å². The maximum Gasteiger partial charge on any atom is 0.0234 e. The third kappa shape index (κ3) is 3.48. The fourth-order valence-corrected chi connectivity index (χ4v) is 1.60. The summed E-state index contributed by atoms with van der Waals surface area (Å²) in [5, 5.41) is 0. The fourth-order valence-electron chi connectivity index (χ4n) is 1.60. The molecule has 0 aromatic heterocycles. The van der Waals surface area contributed by atoms with Crippen LogP contribution >= 0.6 is 0 Å². The van der Waals surface area contributed by atoms with E-state index in [1.54, 1.807) is 0 Å². The largest absolute Gasteiger partial charge is 0.304 e. The first-order valence-corrected chi connectivity index (χ1v) is 5.11. The predicted molar refractivity (Wildman–Crippen MR) is 62.4 cm³/mol. The summed E-state index contributed by atoms with van der Waals surface area (Å²) in [6, 6.07) is 0. The van der Waals surface area contributed by atoms with Crippen molar-refractivity contribution >= 4 is 0 Å². The predicted octanol–water partition coefficient (Wildman–Crippen LogP) is 1.53. The number of allylic oxidation sites excluding steroid dienone is 2. The molecule has 0 aliphatic carbocycles. The molecule has 78 valence electrons. The van der Waals surface area contributed by atoms with Crippen molar-refractivity contribution in [2.75, 3.05) is 39.8 Å². The van der Waals surface area contributed by atoms with Gasteiger partial charge in [-0.3, -0.25) is 4.90 Å². The molecule has 0 amide bonds. The third-order valence-corrected chi connectivity index (χ3v) is 2.60. The topological polar surface area (TPSA) is 6.48 Å². The summed E-state index contributed by atoms with van der Waals surface area (Å²) in [5.74, 6) is 0. The van der Waals surface area contributed by atoms with E-state index in [2.05, 4.69) is 30.0 Å². The molecule has 0 radical (unpaired) electrons. The zero-order valence-electron chi connectivity index (χ0n) is 9.08. The van der Waals surface area contributed by atoms with Gasteiger partial charge in [0.05, 0.1) is 0 Å². The molecule has 14 heavy (non-hydrogen) atoms. The monoisotopic (exact) mass is 192 g/mol. The van der Waals surface area contributed by atoms with Gasteiger partial charge in [0.2, 0.25) is 0 Å². The first-order valence-electron chi connectivity index (χ1n) is 5.11. The van der Waals surface area contributed by atoms with Gasteiger partial charge >= 0.3 is 0 Å². The highest BCUT2D eigenvalue weighted by atomic mass is 15.2. The second-order valence-electron chi connectivity index (χ2n) is 3.76. The molecule has 1 rings (SSSR count). The number of piperazine rings is 1. The van der Waals surface area contributed by atoms with Crippen LogP contribution < -0.4 is 0 Å². The van der Waals surface area contributed by atoms with Gasteiger partial charge in [-0.2, -0.15) is 0 Å². The molecule has 0 atom stereocenters. The Hall–Kier alpha value is -0.860. The van der Waals surface area contributed by atoms with E-state index in [1.165, 1.54) is 18.7 Å². The van der Waals surface area contributed by atoms with Crippen LogP contribution in [0, 0.1) is 0 Å². The quantitative estimate of drug-likeness (QED) is 0.623. The molecule has 0 aromatic rings. The molecule has 2 heteroatoms. The zero-order valence-corrected chi connectivity index (χ0v) is 9.08. The second-order valence-corrected chi connectivity index (χ2v) is 3.76. The van der Waals surface area contributed by atoms with Crippen molar-refractivity contribution in [2.45, 2.75) is 0 Å². The van der Waals surface area contributed by atoms with Gasteiger partial charge in [-0.25, -0.2) is 0 Å². The highest BCUT2D eigenvalue weighted by molar-refractivity contribution is 5.22. The smallest absolute Gasteiger partial charge is 0.0234 e. The van der Waals surface area contributed by atoms with E-state index in [4.69, 9.17) is 0 Å². The minimum Gasteiger partial charge on any atom is -0.304 e. The zero-order chi connectivity index (χ0) is 10.4. The highest BCUT2D eigenvalue weighted by Crippen LogP contribution is 2.04. The van der Waals surface area contributed by atoms with Crippen molar-refractivity contribution in [3.8, 4) is 0 Å². The molecular weight excluding hydrogens is 172 g/mol. The molecule has 0 aromatic carbocycles. The van der Waals surface area contributed by atoms with E-state index in [-0.39, 0.29) is 0 Å². The maximum absolute atomic E-state index is 3.81. The summed E-state index contributed by atoms with van der Waals surface area (Å²) >= 11 is 0. The SMILES string of the molecule is C=CC=C(C=C)CN1CCN(C)CC1. The van der Waals surface area contributed by atoms with Crippen molar-refractivity contribution in [3.05, 3.63) is 37.0 Å². The Bertz CT molecular complexity index is 222. The number of rotatable bonds is 4. The highest BCUT2D eigenvalue weighted by Gasteiger charge is 2.13. The molecule has 0 bridgehead atoms. The Morgan fingerprint density at radius 2 is 1.86 bits per heavy atom. The first kappa shape index (κ1) is 11.2. The van der Waals surface area contributed by atoms with Crippen molar-refractivity contribution in [3.63, 3.8) is 0 Å². The van der Waals surface area contributed by atoms with Crippen LogP contribution in [0.25, 0.3) is 0 Å². The minimum atomic E-state index is 1.00. The number of nitrogens with zero attached hydrogens (tertiary/aromatic N) is 2. The molecular formula is C12H20N2. The standard InChI is InChI=1S/C12H20N2/c1-4-6-12(5-2)11-14-9-7-13(3)8-10-14/h4-6H,1-2,7-11H2,3H3. The third-order valence-electron chi connectivity index (χ3n) is 2.60. The average molecular weight is 192 g/mol. The van der Waals surface area contributed by atoms with Crippen molar-refractivity contribution in [2.24, 2.45) is 0 Å². The number of hydrogen-bond acceptors (Lipinski definition) is 2. The maximum atomic E-state index is 3.81. The summed E-state index contributed by atoms with van der Waals surface area (Å²) in [7, 11) is 2.17. The van der Waals surface area contributed by atoms with Crippen LogP contribution in [0.3, 0.4) is 0 Å². The summed E-state index contributed by atoms with van der Waals surface area (Å²) in [5.41, 5.74) is 1.25. The van der Waals surface area contributed by atoms with Crippen molar-refractivity contribution in [1.29, 1.82) is 0 Å². The van der Waals surface area contributed by atoms with Gasteiger partial charge in [-0.1, -0.05) is 31.4 Å². The van der Waals surface area contributed by atoms with Gasteiger partial charge in [0.15, 0.2) is 0 Å². The molecule has 0 spiro atoms. The molecule has 1 heterocycles. The Kier molecular flexibility index (Phi) is 4.63. The second kappa shape index (κ2) is 5.78. The van der Waals surface area contributed by atoms with Crippen LogP contribution in [-0.2, 0) is 0 Å². The first-order chi connectivity index (χ1) is 6.76. The lowest BCUT2D eigenvalue weighted by molar-refractivity contribution is 0.165. The molecule has 2 nitrogen and oxygen atoms in total. The summed E-state index contributed by atoms with van der Waals surface area (Å²) in [4.78, 5) is 4.82. The van der Waals surface area contributed by atoms with Gasteiger partial charge in [-0.05, 0) is 12.6 Å². The summed E-state index contributed by atoms with van der Waals surface area (Å²) < 4.78 is 0. The number of hydrogen-bond donors (Lipinski definition) is 0. The minimum absolute atomic E-state index is 1.00. The van der Waals surface area contributed by atoms with Gasteiger partial charge in [0.25, 0.3) is 0 Å². The average Bonchev–Trinajstić information content (AvgIpc) is 2.20. The fraction of sp³-hybridized carbons (Fsp3) is 0.500. The number of likely N-dealkylation sites (N-methyl/N-ethyl adjacent to an activating group) is 1. The molecule has 1 fully saturated rings. The Balaban J connectivity index is 2.39. The van der Waals surface area contributed by atoms with E-state index in [9.17, 15) is 0 Å². The van der Waals surface area contributed by atoms with Crippen molar-refractivity contribution in [1.82, 2.24) is 9.80 Å². The van der Waals surface area contributed by atoms with Gasteiger partial charge in [-0.15, -0.1) is 0 Å². The lowest BCUT2D eigenvalue weighted by atomic mass is 10.2. The van der Waals surface area contributed by atoms with Gasteiger partial charge in [0.1, 0.15) is 0 Å². The lowest BCUT2D eigenvalue weighted by Gasteiger charge is -2.32. The molecule has 1 aliphatic heterocycles. The lowest BCUT2D eigenvalue weighted by Crippen LogP contribution is -2.44. The van der Waals surface area contributed by atoms with Gasteiger partial charge in [0, 0.05) is 32.7 Å².